The molecule has 0 fully saturated rings. The van der Waals surface area contributed by atoms with Gasteiger partial charge in [0.05, 0.1) is 11.7 Å². The second-order valence-electron chi connectivity index (χ2n) is 5.06. The van der Waals surface area contributed by atoms with Crippen LogP contribution in [0.2, 0.25) is 0 Å². The summed E-state index contributed by atoms with van der Waals surface area (Å²) in [5.41, 5.74) is -2.02. The van der Waals surface area contributed by atoms with Crippen LogP contribution in [0.5, 0.6) is 0 Å². The minimum absolute atomic E-state index is 0.141. The lowest BCUT2D eigenvalue weighted by atomic mass is 9.78. The Labute approximate surface area is 103 Å². The number of carboxylic acids is 1. The first-order valence-corrected chi connectivity index (χ1v) is 5.28. The highest BCUT2D eigenvalue weighted by Gasteiger charge is 2.35. The number of hydrogen-bond donors (Lipinski definition) is 0. The zero-order valence-electron chi connectivity index (χ0n) is 10.2. The number of aliphatic carboxylic acids is 1. The molecule has 1 aromatic heterocycles. The molecule has 0 amide bonds. The molecule has 3 nitrogen and oxygen atoms in total. The Morgan fingerprint density at radius 3 is 2.22 bits per heavy atom. The molecule has 100 valence electrons. The van der Waals surface area contributed by atoms with Gasteiger partial charge in [0, 0.05) is 5.92 Å². The molecule has 1 unspecified atom stereocenters. The summed E-state index contributed by atoms with van der Waals surface area (Å²) >= 11 is 0. The van der Waals surface area contributed by atoms with Gasteiger partial charge in [-0.2, -0.15) is 13.2 Å². The number of nitrogens with zero attached hydrogens (tertiary/aromatic N) is 1. The Balaban J connectivity index is 3.27. The zero-order chi connectivity index (χ0) is 14.1. The highest BCUT2D eigenvalue weighted by Crippen LogP contribution is 2.35. The number of rotatable bonds is 2. The van der Waals surface area contributed by atoms with Gasteiger partial charge < -0.3 is 9.90 Å². The molecule has 0 spiro atoms. The van der Waals surface area contributed by atoms with Crippen molar-refractivity contribution >= 4 is 5.97 Å². The summed E-state index contributed by atoms with van der Waals surface area (Å²) in [7, 11) is 0. The Morgan fingerprint density at radius 2 is 1.83 bits per heavy atom. The predicted octanol–water partition coefficient (Wildman–Crippen LogP) is 1.98. The molecule has 18 heavy (non-hydrogen) atoms. The molecule has 6 heteroatoms. The molecule has 0 N–H and O–H groups in total. The van der Waals surface area contributed by atoms with Crippen molar-refractivity contribution in [3.05, 3.63) is 29.6 Å². The van der Waals surface area contributed by atoms with E-state index in [1.165, 1.54) is 6.07 Å². The molecule has 0 saturated heterocycles. The molecule has 1 heterocycles. The van der Waals surface area contributed by atoms with Gasteiger partial charge in [0.25, 0.3) is 0 Å². The fourth-order valence-corrected chi connectivity index (χ4v) is 1.69. The minimum Gasteiger partial charge on any atom is -0.549 e. The van der Waals surface area contributed by atoms with Gasteiger partial charge in [0.1, 0.15) is 5.69 Å². The monoisotopic (exact) mass is 260 g/mol. The van der Waals surface area contributed by atoms with Crippen molar-refractivity contribution in [3.8, 4) is 0 Å². The maximum Gasteiger partial charge on any atom is 0.433 e. The number of halogens is 3. The first-order chi connectivity index (χ1) is 8.03. The van der Waals surface area contributed by atoms with Gasteiger partial charge in [-0.3, -0.25) is 0 Å². The molecule has 0 radical (unpaired) electrons. The Bertz CT molecular complexity index is 449. The van der Waals surface area contributed by atoms with Crippen LogP contribution in [-0.2, 0) is 11.0 Å². The predicted molar refractivity (Wildman–Crippen MR) is 56.4 cm³/mol. The zero-order valence-corrected chi connectivity index (χ0v) is 10.2. The molecule has 0 aliphatic heterocycles. The smallest absolute Gasteiger partial charge is 0.433 e. The number of carboxylic acid groups (broad SMARTS) is 1. The van der Waals surface area contributed by atoms with Crippen LogP contribution >= 0.6 is 0 Å². The van der Waals surface area contributed by atoms with Crippen LogP contribution in [0.4, 0.5) is 13.2 Å². The third-order valence-electron chi connectivity index (χ3n) is 2.46. The lowest BCUT2D eigenvalue weighted by Crippen LogP contribution is -2.37. The van der Waals surface area contributed by atoms with Crippen molar-refractivity contribution in [1.29, 1.82) is 0 Å². The van der Waals surface area contributed by atoms with Crippen molar-refractivity contribution in [1.82, 2.24) is 4.98 Å². The Kier molecular flexibility index (Phi) is 3.69. The van der Waals surface area contributed by atoms with Crippen LogP contribution in [0.1, 0.15) is 38.1 Å². The lowest BCUT2D eigenvalue weighted by molar-refractivity contribution is -0.310. The highest BCUT2D eigenvalue weighted by atomic mass is 19.4. The van der Waals surface area contributed by atoms with Gasteiger partial charge in [-0.15, -0.1) is 0 Å². The molecular weight excluding hydrogens is 247 g/mol. The van der Waals surface area contributed by atoms with E-state index in [9.17, 15) is 23.1 Å². The van der Waals surface area contributed by atoms with E-state index in [4.69, 9.17) is 0 Å². The fourth-order valence-electron chi connectivity index (χ4n) is 1.69. The maximum absolute atomic E-state index is 12.5. The number of aromatic nitrogens is 1. The highest BCUT2D eigenvalue weighted by molar-refractivity contribution is 5.74. The van der Waals surface area contributed by atoms with E-state index in [0.29, 0.717) is 0 Å². The number of alkyl halides is 3. The first-order valence-electron chi connectivity index (χ1n) is 5.28. The number of hydrogen-bond acceptors (Lipinski definition) is 3. The average Bonchev–Trinajstić information content (AvgIpc) is 2.13. The molecular formula is C12H13F3NO2-. The van der Waals surface area contributed by atoms with Crippen LogP contribution in [-0.4, -0.2) is 11.0 Å². The molecule has 0 bridgehead atoms. The molecule has 1 rings (SSSR count). The fraction of sp³-hybridized carbons (Fsp3) is 0.500. The number of carbonyl (C=O) groups excluding carboxylic acids is 1. The third kappa shape index (κ3) is 3.21. The Hall–Kier alpha value is -1.59. The van der Waals surface area contributed by atoms with Crippen LogP contribution in [0.25, 0.3) is 0 Å². The summed E-state index contributed by atoms with van der Waals surface area (Å²) in [6.45, 7) is 4.82. The summed E-state index contributed by atoms with van der Waals surface area (Å²) in [6.07, 6.45) is -4.59. The summed E-state index contributed by atoms with van der Waals surface area (Å²) in [4.78, 5) is 14.5. The van der Waals surface area contributed by atoms with E-state index in [-0.39, 0.29) is 5.69 Å². The van der Waals surface area contributed by atoms with E-state index >= 15 is 0 Å². The van der Waals surface area contributed by atoms with Crippen LogP contribution in [0.3, 0.4) is 0 Å². The van der Waals surface area contributed by atoms with Gasteiger partial charge in [-0.05, 0) is 17.5 Å². The van der Waals surface area contributed by atoms with Gasteiger partial charge in [-0.1, -0.05) is 26.8 Å². The van der Waals surface area contributed by atoms with E-state index in [1.54, 1.807) is 20.8 Å². The molecule has 0 saturated carbocycles. The van der Waals surface area contributed by atoms with Crippen LogP contribution in [0, 0.1) is 5.41 Å². The number of carbonyl (C=O) groups is 1. The van der Waals surface area contributed by atoms with Crippen LogP contribution in [0.15, 0.2) is 18.2 Å². The second kappa shape index (κ2) is 4.59. The molecule has 1 atom stereocenters. The molecule has 0 aromatic carbocycles. The van der Waals surface area contributed by atoms with Gasteiger partial charge in [-0.25, -0.2) is 4.98 Å². The lowest BCUT2D eigenvalue weighted by Gasteiger charge is -2.31. The quantitative estimate of drug-likeness (QED) is 0.817. The van der Waals surface area contributed by atoms with E-state index in [0.717, 1.165) is 12.1 Å². The maximum atomic E-state index is 12.5. The molecule has 1 aromatic rings. The van der Waals surface area contributed by atoms with Crippen molar-refractivity contribution < 1.29 is 23.1 Å². The van der Waals surface area contributed by atoms with Gasteiger partial charge in [0.15, 0.2) is 0 Å². The summed E-state index contributed by atoms with van der Waals surface area (Å²) in [5, 5.41) is 11.1. The SMILES string of the molecule is CC(C)(C)C(C(=O)[O-])c1cccc(C(F)(F)F)n1. The Morgan fingerprint density at radius 1 is 1.28 bits per heavy atom. The topological polar surface area (TPSA) is 53.0 Å². The van der Waals surface area contributed by atoms with E-state index in [2.05, 4.69) is 4.98 Å². The van der Waals surface area contributed by atoms with E-state index in [1.807, 2.05) is 0 Å². The van der Waals surface area contributed by atoms with Crippen molar-refractivity contribution in [2.45, 2.75) is 32.9 Å². The van der Waals surface area contributed by atoms with Crippen molar-refractivity contribution in [3.63, 3.8) is 0 Å². The van der Waals surface area contributed by atoms with Gasteiger partial charge in [0.2, 0.25) is 0 Å². The van der Waals surface area contributed by atoms with Crippen LogP contribution < -0.4 is 5.11 Å². The average molecular weight is 260 g/mol. The van der Waals surface area contributed by atoms with Gasteiger partial charge >= 0.3 is 6.18 Å². The summed E-state index contributed by atoms with van der Waals surface area (Å²) < 4.78 is 37.5. The minimum atomic E-state index is -4.59. The first kappa shape index (κ1) is 14.5. The number of pyridine rings is 1. The normalized spacial score (nSPS) is 14.3. The molecule has 0 aliphatic carbocycles. The molecule has 0 aliphatic rings. The summed E-state index contributed by atoms with van der Waals surface area (Å²) in [6, 6.07) is 3.21. The summed E-state index contributed by atoms with van der Waals surface area (Å²) in [5.74, 6) is -2.63. The largest absolute Gasteiger partial charge is 0.549 e. The second-order valence-corrected chi connectivity index (χ2v) is 5.06. The van der Waals surface area contributed by atoms with Crippen molar-refractivity contribution in [2.75, 3.05) is 0 Å². The van der Waals surface area contributed by atoms with Crippen molar-refractivity contribution in [2.24, 2.45) is 5.41 Å². The third-order valence-corrected chi connectivity index (χ3v) is 2.46. The standard InChI is InChI=1S/C12H14F3NO2/c1-11(2,3)9(10(17)18)7-5-4-6-8(16-7)12(13,14)15/h4-6,9H,1-3H3,(H,17,18)/p-1. The van der Waals surface area contributed by atoms with E-state index < -0.39 is 29.2 Å².